The number of hydrogen-bond acceptors (Lipinski definition) is 2. The monoisotopic (exact) mass is 301 g/mol. The fourth-order valence-electron chi connectivity index (χ4n) is 2.14. The predicted molar refractivity (Wildman–Crippen MR) is 75.6 cm³/mol. The molecule has 0 aliphatic heterocycles. The number of nitrogens with zero attached hydrogens (tertiary/aromatic N) is 3. The van der Waals surface area contributed by atoms with E-state index in [9.17, 15) is 0 Å². The lowest BCUT2D eigenvalue weighted by molar-refractivity contribution is 0.886. The highest BCUT2D eigenvalue weighted by Crippen LogP contribution is 2.30. The van der Waals surface area contributed by atoms with Crippen molar-refractivity contribution in [3.05, 3.63) is 52.4 Å². The quantitative estimate of drug-likeness (QED) is 0.685. The largest absolute Gasteiger partial charge is 0.233 e. The van der Waals surface area contributed by atoms with Crippen LogP contribution in [-0.4, -0.2) is 14.6 Å². The van der Waals surface area contributed by atoms with Gasteiger partial charge in [0.15, 0.2) is 5.65 Å². The molecule has 4 heteroatoms. The van der Waals surface area contributed by atoms with Crippen LogP contribution in [0.4, 0.5) is 0 Å². The Morgan fingerprint density at radius 3 is 2.67 bits per heavy atom. The van der Waals surface area contributed by atoms with Gasteiger partial charge in [-0.2, -0.15) is 5.10 Å². The summed E-state index contributed by atoms with van der Waals surface area (Å²) in [6.07, 6.45) is 1.87. The second-order valence-corrected chi connectivity index (χ2v) is 5.17. The van der Waals surface area contributed by atoms with Gasteiger partial charge in [-0.1, -0.05) is 34.1 Å². The van der Waals surface area contributed by atoms with Crippen LogP contribution in [0.15, 0.2) is 41.0 Å². The first kappa shape index (κ1) is 11.4. The molecule has 1 aromatic carbocycles. The Bertz CT molecular complexity index is 731. The van der Waals surface area contributed by atoms with Crippen molar-refractivity contribution >= 4 is 21.6 Å². The summed E-state index contributed by atoms with van der Waals surface area (Å²) in [6, 6.07) is 10.2. The minimum absolute atomic E-state index is 0.902. The van der Waals surface area contributed by atoms with E-state index in [1.807, 2.05) is 48.8 Å². The van der Waals surface area contributed by atoms with Gasteiger partial charge < -0.3 is 0 Å². The predicted octanol–water partition coefficient (Wildman–Crippen LogP) is 3.78. The van der Waals surface area contributed by atoms with Gasteiger partial charge >= 0.3 is 0 Å². The summed E-state index contributed by atoms with van der Waals surface area (Å²) in [7, 11) is 0. The molecular formula is C14H12BrN3. The molecule has 3 aromatic rings. The first-order valence-electron chi connectivity index (χ1n) is 5.73. The molecule has 0 radical (unpaired) electrons. The van der Waals surface area contributed by atoms with Crippen LogP contribution in [-0.2, 0) is 0 Å². The lowest BCUT2D eigenvalue weighted by Crippen LogP contribution is -1.97. The summed E-state index contributed by atoms with van der Waals surface area (Å²) in [6.45, 7) is 4.04. The summed E-state index contributed by atoms with van der Waals surface area (Å²) in [4.78, 5) is 4.59. The molecular weight excluding hydrogens is 290 g/mol. The SMILES string of the molecule is Cc1cc(C)n2ncc(-c3ccccc3Br)c2n1. The standard InChI is InChI=1S/C14H12BrN3/c1-9-7-10(2)18-14(17-9)12(8-16-18)11-5-3-4-6-13(11)15/h3-8H,1-2H3. The third-order valence-corrected chi connectivity index (χ3v) is 3.63. The number of benzene rings is 1. The average molecular weight is 302 g/mol. The lowest BCUT2D eigenvalue weighted by Gasteiger charge is -2.04. The summed E-state index contributed by atoms with van der Waals surface area (Å²) < 4.78 is 2.93. The van der Waals surface area contributed by atoms with Crippen molar-refractivity contribution < 1.29 is 0 Å². The molecule has 3 nitrogen and oxygen atoms in total. The normalized spacial score (nSPS) is 11.1. The Morgan fingerprint density at radius 1 is 1.11 bits per heavy atom. The maximum Gasteiger partial charge on any atom is 0.163 e. The average Bonchev–Trinajstić information content (AvgIpc) is 2.73. The van der Waals surface area contributed by atoms with Gasteiger partial charge in [0.25, 0.3) is 0 Å². The van der Waals surface area contributed by atoms with Crippen LogP contribution in [0, 0.1) is 13.8 Å². The first-order chi connectivity index (χ1) is 8.66. The molecule has 0 N–H and O–H groups in total. The van der Waals surface area contributed by atoms with E-state index in [1.54, 1.807) is 0 Å². The molecule has 2 heterocycles. The van der Waals surface area contributed by atoms with Gasteiger partial charge in [0.2, 0.25) is 0 Å². The number of aromatic nitrogens is 3. The summed E-state index contributed by atoms with van der Waals surface area (Å²) in [5.41, 5.74) is 5.17. The van der Waals surface area contributed by atoms with Gasteiger partial charge in [-0.15, -0.1) is 0 Å². The Labute approximate surface area is 114 Å². The minimum Gasteiger partial charge on any atom is -0.233 e. The van der Waals surface area contributed by atoms with Gasteiger partial charge in [0.05, 0.1) is 6.20 Å². The smallest absolute Gasteiger partial charge is 0.163 e. The maximum atomic E-state index is 4.59. The van der Waals surface area contributed by atoms with E-state index in [1.165, 1.54) is 0 Å². The number of halogens is 1. The van der Waals surface area contributed by atoms with Gasteiger partial charge in [-0.25, -0.2) is 9.50 Å². The third kappa shape index (κ3) is 1.73. The van der Waals surface area contributed by atoms with Crippen LogP contribution in [0.3, 0.4) is 0 Å². The van der Waals surface area contributed by atoms with Crippen LogP contribution in [0.5, 0.6) is 0 Å². The van der Waals surface area contributed by atoms with Crippen molar-refractivity contribution in [3.8, 4) is 11.1 Å². The number of fused-ring (bicyclic) bond motifs is 1. The molecule has 0 aliphatic carbocycles. The van der Waals surface area contributed by atoms with Crippen LogP contribution in [0.2, 0.25) is 0 Å². The van der Waals surface area contributed by atoms with Crippen molar-refractivity contribution in [2.75, 3.05) is 0 Å². The molecule has 0 spiro atoms. The summed E-state index contributed by atoms with van der Waals surface area (Å²) in [5.74, 6) is 0. The maximum absolute atomic E-state index is 4.59. The first-order valence-corrected chi connectivity index (χ1v) is 6.53. The zero-order chi connectivity index (χ0) is 12.7. The zero-order valence-electron chi connectivity index (χ0n) is 10.2. The number of hydrogen-bond donors (Lipinski definition) is 0. The zero-order valence-corrected chi connectivity index (χ0v) is 11.8. The Balaban J connectivity index is 2.34. The van der Waals surface area contributed by atoms with Gasteiger partial charge in [-0.05, 0) is 26.0 Å². The fourth-order valence-corrected chi connectivity index (χ4v) is 2.64. The van der Waals surface area contributed by atoms with Crippen LogP contribution < -0.4 is 0 Å². The lowest BCUT2D eigenvalue weighted by atomic mass is 10.1. The van der Waals surface area contributed by atoms with E-state index >= 15 is 0 Å². The van der Waals surface area contributed by atoms with Crippen molar-refractivity contribution in [1.29, 1.82) is 0 Å². The van der Waals surface area contributed by atoms with Gasteiger partial charge in [0, 0.05) is 27.0 Å². The van der Waals surface area contributed by atoms with E-state index in [0.29, 0.717) is 0 Å². The highest BCUT2D eigenvalue weighted by atomic mass is 79.9. The summed E-state index contributed by atoms with van der Waals surface area (Å²) in [5, 5.41) is 4.41. The molecule has 0 fully saturated rings. The number of aryl methyl sites for hydroxylation is 2. The number of rotatable bonds is 1. The van der Waals surface area contributed by atoms with Crippen molar-refractivity contribution in [3.63, 3.8) is 0 Å². The topological polar surface area (TPSA) is 30.2 Å². The Kier molecular flexibility index (Phi) is 2.67. The van der Waals surface area contributed by atoms with E-state index < -0.39 is 0 Å². The van der Waals surface area contributed by atoms with E-state index in [4.69, 9.17) is 0 Å². The van der Waals surface area contributed by atoms with Crippen molar-refractivity contribution in [2.24, 2.45) is 0 Å². The second-order valence-electron chi connectivity index (χ2n) is 4.31. The summed E-state index contributed by atoms with van der Waals surface area (Å²) >= 11 is 3.58. The molecule has 0 saturated carbocycles. The Hall–Kier alpha value is -1.68. The molecule has 0 bridgehead atoms. The van der Waals surface area contributed by atoms with E-state index in [-0.39, 0.29) is 0 Å². The fraction of sp³-hybridized carbons (Fsp3) is 0.143. The Morgan fingerprint density at radius 2 is 1.89 bits per heavy atom. The van der Waals surface area contributed by atoms with Crippen LogP contribution in [0.1, 0.15) is 11.4 Å². The molecule has 0 saturated heterocycles. The molecule has 2 aromatic heterocycles. The molecule has 0 unspecified atom stereocenters. The van der Waals surface area contributed by atoms with Gasteiger partial charge in [0.1, 0.15) is 0 Å². The van der Waals surface area contributed by atoms with E-state index in [0.717, 1.165) is 32.6 Å². The second kappa shape index (κ2) is 4.21. The highest BCUT2D eigenvalue weighted by Gasteiger charge is 2.11. The third-order valence-electron chi connectivity index (χ3n) is 2.94. The molecule has 18 heavy (non-hydrogen) atoms. The molecule has 90 valence electrons. The van der Waals surface area contributed by atoms with Gasteiger partial charge in [-0.3, -0.25) is 0 Å². The minimum atomic E-state index is 0.902. The van der Waals surface area contributed by atoms with Crippen molar-refractivity contribution in [2.45, 2.75) is 13.8 Å². The molecule has 0 amide bonds. The molecule has 0 aliphatic rings. The van der Waals surface area contributed by atoms with Crippen LogP contribution >= 0.6 is 15.9 Å². The molecule has 0 atom stereocenters. The highest BCUT2D eigenvalue weighted by molar-refractivity contribution is 9.10. The van der Waals surface area contributed by atoms with E-state index in [2.05, 4.69) is 32.1 Å². The van der Waals surface area contributed by atoms with Crippen molar-refractivity contribution in [1.82, 2.24) is 14.6 Å². The molecule has 3 rings (SSSR count). The van der Waals surface area contributed by atoms with Crippen LogP contribution in [0.25, 0.3) is 16.8 Å².